The fraction of sp³-hybridized carbons (Fsp3) is 0.312. The van der Waals surface area contributed by atoms with Crippen LogP contribution in [0.1, 0.15) is 35.9 Å². The number of hydrogen-bond donors (Lipinski definition) is 1. The van der Waals surface area contributed by atoms with Crippen LogP contribution in [-0.4, -0.2) is 10.7 Å². The first-order valence-corrected chi connectivity index (χ1v) is 7.53. The summed E-state index contributed by atoms with van der Waals surface area (Å²) in [6, 6.07) is 12.9. The smallest absolute Gasteiger partial charge is 0.129 e. The number of amidine groups is 1. The van der Waals surface area contributed by atoms with Gasteiger partial charge in [0.1, 0.15) is 5.84 Å². The fourth-order valence-electron chi connectivity index (χ4n) is 2.85. The minimum absolute atomic E-state index is 0.305. The Morgan fingerprint density at radius 2 is 1.95 bits per heavy atom. The van der Waals surface area contributed by atoms with Gasteiger partial charge in [-0.15, -0.1) is 11.3 Å². The van der Waals surface area contributed by atoms with Crippen LogP contribution in [0.4, 0.5) is 0 Å². The first-order valence-electron chi connectivity index (χ1n) is 6.65. The largest absolute Gasteiger partial charge is 0.344 e. The molecule has 1 aromatic carbocycles. The molecule has 98 valence electrons. The highest BCUT2D eigenvalue weighted by Gasteiger charge is 2.32. The molecule has 1 unspecified atom stereocenters. The van der Waals surface area contributed by atoms with Gasteiger partial charge in [-0.2, -0.15) is 0 Å². The zero-order valence-electron chi connectivity index (χ0n) is 11.3. The van der Waals surface area contributed by atoms with E-state index in [1.165, 1.54) is 10.4 Å². The van der Waals surface area contributed by atoms with Gasteiger partial charge < -0.3 is 4.90 Å². The molecule has 1 aliphatic rings. The summed E-state index contributed by atoms with van der Waals surface area (Å²) in [5.74, 6) is 1.16. The Morgan fingerprint density at radius 1 is 1.16 bits per heavy atom. The molecular weight excluding hydrogens is 252 g/mol. The normalized spacial score (nSPS) is 15.9. The molecule has 1 aliphatic heterocycles. The maximum atomic E-state index is 8.44. The third-order valence-corrected chi connectivity index (χ3v) is 4.65. The lowest BCUT2D eigenvalue weighted by atomic mass is 10.0. The topological polar surface area (TPSA) is 27.1 Å². The average Bonchev–Trinajstić information content (AvgIpc) is 3.00. The number of nitrogens with zero attached hydrogens (tertiary/aromatic N) is 1. The molecule has 2 heterocycles. The van der Waals surface area contributed by atoms with Crippen LogP contribution in [0.3, 0.4) is 0 Å². The van der Waals surface area contributed by atoms with E-state index < -0.39 is 0 Å². The molecule has 0 radical (unpaired) electrons. The van der Waals surface area contributed by atoms with Crippen molar-refractivity contribution >= 4 is 17.2 Å². The molecule has 0 saturated heterocycles. The highest BCUT2D eigenvalue weighted by Crippen LogP contribution is 2.37. The fourth-order valence-corrected chi connectivity index (χ4v) is 3.86. The maximum Gasteiger partial charge on any atom is 0.129 e. The zero-order chi connectivity index (χ0) is 13.4. The van der Waals surface area contributed by atoms with Gasteiger partial charge in [0.05, 0.1) is 6.04 Å². The molecule has 3 heteroatoms. The number of nitrogens with one attached hydrogen (secondary N) is 1. The Labute approximate surface area is 118 Å². The number of thiophene rings is 1. The van der Waals surface area contributed by atoms with E-state index in [1.807, 2.05) is 6.07 Å². The second-order valence-corrected chi connectivity index (χ2v) is 6.32. The Balaban J connectivity index is 1.97. The van der Waals surface area contributed by atoms with Crippen molar-refractivity contribution in [2.24, 2.45) is 5.92 Å². The second kappa shape index (κ2) is 4.82. The Morgan fingerprint density at radius 3 is 2.58 bits per heavy atom. The molecule has 19 heavy (non-hydrogen) atoms. The monoisotopic (exact) mass is 270 g/mol. The van der Waals surface area contributed by atoms with Gasteiger partial charge in [-0.05, 0) is 22.9 Å². The third kappa shape index (κ3) is 2.08. The molecule has 0 bridgehead atoms. The van der Waals surface area contributed by atoms with Crippen LogP contribution in [0.25, 0.3) is 0 Å². The van der Waals surface area contributed by atoms with Crippen LogP contribution in [-0.2, 0) is 6.54 Å². The van der Waals surface area contributed by atoms with Gasteiger partial charge in [0.25, 0.3) is 0 Å². The van der Waals surface area contributed by atoms with Crippen LogP contribution < -0.4 is 0 Å². The average molecular weight is 270 g/mol. The molecule has 2 nitrogen and oxygen atoms in total. The lowest BCUT2D eigenvalue weighted by Crippen LogP contribution is -2.31. The van der Waals surface area contributed by atoms with Crippen molar-refractivity contribution in [1.82, 2.24) is 4.90 Å². The van der Waals surface area contributed by atoms with Crippen molar-refractivity contribution in [3.63, 3.8) is 0 Å². The van der Waals surface area contributed by atoms with Crippen molar-refractivity contribution in [2.45, 2.75) is 26.4 Å². The molecule has 0 fully saturated rings. The van der Waals surface area contributed by atoms with Crippen molar-refractivity contribution in [1.29, 1.82) is 5.41 Å². The third-order valence-electron chi connectivity index (χ3n) is 3.70. The van der Waals surface area contributed by atoms with E-state index in [0.29, 0.717) is 17.8 Å². The van der Waals surface area contributed by atoms with Gasteiger partial charge in [-0.3, -0.25) is 5.41 Å². The van der Waals surface area contributed by atoms with E-state index in [-0.39, 0.29) is 0 Å². The zero-order valence-corrected chi connectivity index (χ0v) is 12.1. The Hall–Kier alpha value is -1.61. The SMILES string of the molecule is CC(C)C(c1cccs1)N1Cc2ccccc2C1=N. The first kappa shape index (κ1) is 12.4. The van der Waals surface area contributed by atoms with Crippen molar-refractivity contribution in [2.75, 3.05) is 0 Å². The molecule has 0 amide bonds. The highest BCUT2D eigenvalue weighted by molar-refractivity contribution is 7.10. The van der Waals surface area contributed by atoms with E-state index in [9.17, 15) is 0 Å². The quantitative estimate of drug-likeness (QED) is 0.885. The van der Waals surface area contributed by atoms with Gasteiger partial charge in [-0.25, -0.2) is 0 Å². The molecule has 3 rings (SSSR count). The summed E-state index contributed by atoms with van der Waals surface area (Å²) in [5.41, 5.74) is 2.36. The van der Waals surface area contributed by atoms with Crippen molar-refractivity contribution in [3.8, 4) is 0 Å². The lowest BCUT2D eigenvalue weighted by molar-refractivity contribution is 0.257. The standard InChI is InChI=1S/C16H18N2S/c1-11(2)15(14-8-5-9-19-14)18-10-12-6-3-4-7-13(12)16(18)17/h3-9,11,15,17H,10H2,1-2H3. The van der Waals surface area contributed by atoms with Gasteiger partial charge in [-0.1, -0.05) is 44.2 Å². The van der Waals surface area contributed by atoms with Gasteiger partial charge >= 0.3 is 0 Å². The van der Waals surface area contributed by atoms with Crippen molar-refractivity contribution < 1.29 is 0 Å². The number of benzene rings is 1. The van der Waals surface area contributed by atoms with Crippen LogP contribution >= 0.6 is 11.3 Å². The van der Waals surface area contributed by atoms with Crippen molar-refractivity contribution in [3.05, 3.63) is 57.8 Å². The number of fused-ring (bicyclic) bond motifs is 1. The summed E-state index contributed by atoms with van der Waals surface area (Å²) < 4.78 is 0. The van der Waals surface area contributed by atoms with E-state index >= 15 is 0 Å². The van der Waals surface area contributed by atoms with Gasteiger partial charge in [0.15, 0.2) is 0 Å². The molecular formula is C16H18N2S. The minimum Gasteiger partial charge on any atom is -0.344 e. The summed E-state index contributed by atoms with van der Waals surface area (Å²) in [4.78, 5) is 3.59. The minimum atomic E-state index is 0.305. The van der Waals surface area contributed by atoms with E-state index in [4.69, 9.17) is 5.41 Å². The first-order chi connectivity index (χ1) is 9.18. The molecule has 0 spiro atoms. The van der Waals surface area contributed by atoms with Gasteiger partial charge in [0.2, 0.25) is 0 Å². The molecule has 1 N–H and O–H groups in total. The summed E-state index contributed by atoms with van der Waals surface area (Å²) in [7, 11) is 0. The molecule has 1 aromatic heterocycles. The van der Waals surface area contributed by atoms with Crippen LogP contribution in [0, 0.1) is 11.3 Å². The van der Waals surface area contributed by atoms with Gasteiger partial charge in [0, 0.05) is 17.0 Å². The molecule has 1 atom stereocenters. The summed E-state index contributed by atoms with van der Waals surface area (Å²) in [6.07, 6.45) is 0. The predicted octanol–water partition coefficient (Wildman–Crippen LogP) is 4.29. The highest BCUT2D eigenvalue weighted by atomic mass is 32.1. The summed E-state index contributed by atoms with van der Waals surface area (Å²) in [6.45, 7) is 5.33. The summed E-state index contributed by atoms with van der Waals surface area (Å²) >= 11 is 1.79. The number of hydrogen-bond acceptors (Lipinski definition) is 2. The Kier molecular flexibility index (Phi) is 3.15. The van der Waals surface area contributed by atoms with Crippen LogP contribution in [0.2, 0.25) is 0 Å². The van der Waals surface area contributed by atoms with Crippen LogP contribution in [0.15, 0.2) is 41.8 Å². The molecule has 0 saturated carbocycles. The second-order valence-electron chi connectivity index (χ2n) is 5.34. The van der Waals surface area contributed by atoms with E-state index in [2.05, 4.69) is 54.5 Å². The lowest BCUT2D eigenvalue weighted by Gasteiger charge is -2.31. The maximum absolute atomic E-state index is 8.44. The summed E-state index contributed by atoms with van der Waals surface area (Å²) in [5, 5.41) is 10.6. The Bertz CT molecular complexity index is 587. The molecule has 2 aromatic rings. The molecule has 0 aliphatic carbocycles. The number of rotatable bonds is 3. The van der Waals surface area contributed by atoms with E-state index in [1.54, 1.807) is 11.3 Å². The van der Waals surface area contributed by atoms with Crippen LogP contribution in [0.5, 0.6) is 0 Å². The van der Waals surface area contributed by atoms with E-state index in [0.717, 1.165) is 12.1 Å². The predicted molar refractivity (Wildman–Crippen MR) is 80.7 cm³/mol.